The van der Waals surface area contributed by atoms with E-state index in [1.807, 2.05) is 0 Å². The van der Waals surface area contributed by atoms with Gasteiger partial charge in [-0.15, -0.1) is 13.2 Å². The van der Waals surface area contributed by atoms with Crippen molar-refractivity contribution in [2.75, 3.05) is 0 Å². The first kappa shape index (κ1) is 14.7. The van der Waals surface area contributed by atoms with Crippen LogP contribution in [0.25, 0.3) is 0 Å². The predicted molar refractivity (Wildman–Crippen MR) is 53.7 cm³/mol. The van der Waals surface area contributed by atoms with Gasteiger partial charge in [-0.1, -0.05) is 0 Å². The van der Waals surface area contributed by atoms with Gasteiger partial charge >= 0.3 is 18.1 Å². The highest BCUT2D eigenvalue weighted by Crippen LogP contribution is 2.33. The van der Waals surface area contributed by atoms with E-state index < -0.39 is 46.4 Å². The normalized spacial score (nSPS) is 11.2. The molecule has 1 rings (SSSR count). The number of carbonyl (C=O) groups is 1. The number of nitro groups is 1. The highest BCUT2D eigenvalue weighted by atomic mass is 19.4. The van der Waals surface area contributed by atoms with Crippen LogP contribution in [0.1, 0.15) is 11.1 Å². The maximum absolute atomic E-state index is 12.2. The molecule has 0 bridgehead atoms. The van der Waals surface area contributed by atoms with Crippen LogP contribution in [-0.2, 0) is 11.2 Å². The lowest BCUT2D eigenvalue weighted by molar-refractivity contribution is -0.390. The van der Waals surface area contributed by atoms with Gasteiger partial charge < -0.3 is 20.0 Å². The summed E-state index contributed by atoms with van der Waals surface area (Å²) in [5, 5.41) is 19.1. The number of carboxylic acid groups (broad SMARTS) is 1. The second kappa shape index (κ2) is 5.08. The average Bonchev–Trinajstić information content (AvgIpc) is 2.20. The summed E-state index contributed by atoms with van der Waals surface area (Å²) in [4.78, 5) is 23.4. The molecule has 0 amide bonds. The lowest BCUT2D eigenvalue weighted by atomic mass is 10.1. The van der Waals surface area contributed by atoms with Gasteiger partial charge in [0.05, 0.1) is 12.0 Å². The smallest absolute Gasteiger partial charge is 0.481 e. The van der Waals surface area contributed by atoms with Gasteiger partial charge in [0.25, 0.3) is 0 Å². The maximum Gasteiger partial charge on any atom is 0.573 e. The number of rotatable bonds is 4. The zero-order chi connectivity index (χ0) is 14.8. The van der Waals surface area contributed by atoms with E-state index in [4.69, 9.17) is 5.11 Å². The molecular weight excluding hydrogens is 273 g/mol. The first-order valence-electron chi connectivity index (χ1n) is 4.72. The topological polar surface area (TPSA) is 103 Å². The first-order valence-corrected chi connectivity index (χ1v) is 4.72. The Morgan fingerprint density at radius 2 is 2.16 bits per heavy atom. The number of aliphatic carboxylic acids is 1. The van der Waals surface area contributed by atoms with Gasteiger partial charge in [-0.05, 0) is 16.8 Å². The molecule has 1 heterocycles. The van der Waals surface area contributed by atoms with E-state index in [1.165, 1.54) is 0 Å². The van der Waals surface area contributed by atoms with Crippen molar-refractivity contribution in [2.45, 2.75) is 19.7 Å². The molecule has 1 aromatic heterocycles. The van der Waals surface area contributed by atoms with Crippen LogP contribution in [0, 0.1) is 17.0 Å². The number of ether oxygens (including phenoxy) is 1. The average molecular weight is 280 g/mol. The van der Waals surface area contributed by atoms with Crippen LogP contribution in [0.2, 0.25) is 0 Å². The summed E-state index contributed by atoms with van der Waals surface area (Å²) in [5.41, 5.74) is -0.881. The van der Waals surface area contributed by atoms with Crippen LogP contribution in [0.5, 0.6) is 5.75 Å². The van der Waals surface area contributed by atoms with Crippen LogP contribution >= 0.6 is 0 Å². The molecule has 1 aromatic rings. The van der Waals surface area contributed by atoms with Crippen molar-refractivity contribution in [2.24, 2.45) is 0 Å². The van der Waals surface area contributed by atoms with Crippen molar-refractivity contribution < 1.29 is 32.7 Å². The molecule has 0 spiro atoms. The van der Waals surface area contributed by atoms with Crippen LogP contribution in [0.3, 0.4) is 0 Å². The summed E-state index contributed by atoms with van der Waals surface area (Å²) in [6, 6.07) is 0. The number of aromatic nitrogens is 1. The molecule has 0 radical (unpaired) electrons. The molecule has 0 aromatic carbocycles. The highest BCUT2D eigenvalue weighted by molar-refractivity contribution is 5.72. The van der Waals surface area contributed by atoms with Gasteiger partial charge in [0, 0.05) is 5.56 Å². The lowest BCUT2D eigenvalue weighted by Crippen LogP contribution is -2.20. The summed E-state index contributed by atoms with van der Waals surface area (Å²) < 4.78 is 40.3. The van der Waals surface area contributed by atoms with Gasteiger partial charge in [0.15, 0.2) is 0 Å². The largest absolute Gasteiger partial charge is 0.573 e. The molecule has 0 saturated heterocycles. The summed E-state index contributed by atoms with van der Waals surface area (Å²) in [7, 11) is 0. The number of carboxylic acids is 1. The Hall–Kier alpha value is -2.39. The van der Waals surface area contributed by atoms with Crippen molar-refractivity contribution in [3.63, 3.8) is 0 Å². The molecule has 10 heteroatoms. The lowest BCUT2D eigenvalue weighted by Gasteiger charge is -2.13. The van der Waals surface area contributed by atoms with Crippen LogP contribution in [0.4, 0.5) is 19.0 Å². The summed E-state index contributed by atoms with van der Waals surface area (Å²) in [6.07, 6.45) is -5.20. The molecule has 19 heavy (non-hydrogen) atoms. The zero-order valence-corrected chi connectivity index (χ0v) is 9.39. The second-order valence-electron chi connectivity index (χ2n) is 3.44. The fraction of sp³-hybridized carbons (Fsp3) is 0.333. The Bertz CT molecular complexity index is 529. The van der Waals surface area contributed by atoms with E-state index in [1.54, 1.807) is 0 Å². The van der Waals surface area contributed by atoms with Gasteiger partial charge in [0.1, 0.15) is 11.9 Å². The molecule has 0 fully saturated rings. The van der Waals surface area contributed by atoms with E-state index in [0.29, 0.717) is 6.20 Å². The molecule has 0 aliphatic heterocycles. The fourth-order valence-corrected chi connectivity index (χ4v) is 1.37. The number of halogens is 3. The number of alkyl halides is 3. The third-order valence-corrected chi connectivity index (χ3v) is 2.04. The van der Waals surface area contributed by atoms with Crippen molar-refractivity contribution >= 4 is 11.8 Å². The van der Waals surface area contributed by atoms with Gasteiger partial charge in [0.2, 0.25) is 0 Å². The van der Waals surface area contributed by atoms with Gasteiger partial charge in [-0.25, -0.2) is 0 Å². The molecule has 7 nitrogen and oxygen atoms in total. The molecular formula is C9H7F3N2O5. The Labute approximate surface area is 103 Å². The van der Waals surface area contributed by atoms with Crippen molar-refractivity contribution in [1.29, 1.82) is 0 Å². The minimum atomic E-state index is -5.09. The first-order chi connectivity index (χ1) is 8.61. The second-order valence-corrected chi connectivity index (χ2v) is 3.44. The number of hydrogen-bond acceptors (Lipinski definition) is 5. The number of nitrogens with zero attached hydrogens (tertiary/aromatic N) is 2. The third kappa shape index (κ3) is 3.79. The highest BCUT2D eigenvalue weighted by Gasteiger charge is 2.35. The van der Waals surface area contributed by atoms with Crippen LogP contribution in [0.15, 0.2) is 6.20 Å². The summed E-state index contributed by atoms with van der Waals surface area (Å²) in [6.45, 7) is 0.998. The maximum atomic E-state index is 12.2. The predicted octanol–water partition coefficient (Wildman–Crippen LogP) is 1.82. The molecule has 0 unspecified atom stereocenters. The number of hydrogen-bond donors (Lipinski definition) is 1. The SMILES string of the molecule is Cc1c([N+](=O)[O-])ncc(CC(=O)O)c1OC(F)(F)F. The minimum Gasteiger partial charge on any atom is -0.481 e. The molecule has 0 saturated carbocycles. The van der Waals surface area contributed by atoms with Crippen molar-refractivity contribution in [1.82, 2.24) is 4.98 Å². The zero-order valence-electron chi connectivity index (χ0n) is 9.39. The van der Waals surface area contributed by atoms with Crippen molar-refractivity contribution in [3.05, 3.63) is 27.4 Å². The molecule has 0 aliphatic carbocycles. The summed E-state index contributed by atoms with van der Waals surface area (Å²) >= 11 is 0. The Morgan fingerprint density at radius 1 is 1.58 bits per heavy atom. The Morgan fingerprint density at radius 3 is 2.58 bits per heavy atom. The molecule has 0 atom stereocenters. The molecule has 0 aliphatic rings. The van der Waals surface area contributed by atoms with E-state index >= 15 is 0 Å². The van der Waals surface area contributed by atoms with Crippen molar-refractivity contribution in [3.8, 4) is 5.75 Å². The third-order valence-electron chi connectivity index (χ3n) is 2.04. The van der Waals surface area contributed by atoms with E-state index in [9.17, 15) is 28.1 Å². The molecule has 104 valence electrons. The standard InChI is InChI=1S/C9H7F3N2O5/c1-4-7(19-9(10,11)12)5(2-6(15)16)3-13-8(4)14(17)18/h3H,2H2,1H3,(H,15,16). The monoisotopic (exact) mass is 280 g/mol. The van der Waals surface area contributed by atoms with Gasteiger partial charge in [-0.3, -0.25) is 4.79 Å². The van der Waals surface area contributed by atoms with Gasteiger partial charge in [-0.2, -0.15) is 0 Å². The fourth-order valence-electron chi connectivity index (χ4n) is 1.37. The van der Waals surface area contributed by atoms with Crippen LogP contribution in [-0.4, -0.2) is 27.3 Å². The van der Waals surface area contributed by atoms with E-state index in [0.717, 1.165) is 6.92 Å². The molecule has 1 N–H and O–H groups in total. The van der Waals surface area contributed by atoms with E-state index in [2.05, 4.69) is 9.72 Å². The van der Waals surface area contributed by atoms with Crippen LogP contribution < -0.4 is 4.74 Å². The minimum absolute atomic E-state index is 0.395. The summed E-state index contributed by atoms with van der Waals surface area (Å²) in [5.74, 6) is -3.15. The quantitative estimate of drug-likeness (QED) is 0.666. The Balaban J connectivity index is 3.36. The number of pyridine rings is 1. The Kier molecular flexibility index (Phi) is 3.92. The van der Waals surface area contributed by atoms with E-state index in [-0.39, 0.29) is 0 Å².